The Bertz CT molecular complexity index is 564. The number of benzene rings is 2. The molecule has 0 atom stereocenters. The molecule has 18 heavy (non-hydrogen) atoms. The Morgan fingerprint density at radius 3 is 2.67 bits per heavy atom. The maximum Gasteiger partial charge on any atom is 0.251 e. The summed E-state index contributed by atoms with van der Waals surface area (Å²) >= 11 is 0. The molecular weight excluding hydrogens is 224 g/mol. The Morgan fingerprint density at radius 1 is 1.17 bits per heavy atom. The van der Waals surface area contributed by atoms with E-state index in [0.717, 1.165) is 11.1 Å². The molecule has 3 heteroatoms. The van der Waals surface area contributed by atoms with Crippen LogP contribution in [0.2, 0.25) is 0 Å². The zero-order valence-electron chi connectivity index (χ0n) is 10.3. The van der Waals surface area contributed by atoms with Crippen molar-refractivity contribution in [3.63, 3.8) is 0 Å². The fraction of sp³-hybridized carbons (Fsp3) is 0.133. The van der Waals surface area contributed by atoms with E-state index in [2.05, 4.69) is 5.32 Å². The second-order valence-electron chi connectivity index (χ2n) is 4.24. The van der Waals surface area contributed by atoms with Crippen molar-refractivity contribution in [2.75, 3.05) is 5.73 Å². The molecule has 2 aromatic carbocycles. The predicted octanol–water partition coefficient (Wildman–Crippen LogP) is 2.51. The highest BCUT2D eigenvalue weighted by Crippen LogP contribution is 2.09. The number of nitrogens with two attached hydrogens (primary N) is 1. The lowest BCUT2D eigenvalue weighted by molar-refractivity contribution is 0.0950. The van der Waals surface area contributed by atoms with Gasteiger partial charge in [0.25, 0.3) is 5.91 Å². The molecule has 2 rings (SSSR count). The summed E-state index contributed by atoms with van der Waals surface area (Å²) in [7, 11) is 0. The standard InChI is InChI=1S/C15H16N2O/c1-11-5-2-3-8-14(11)15(18)17-10-12-6-4-7-13(16)9-12/h2-9H,10,16H2,1H3,(H,17,18). The van der Waals surface area contributed by atoms with Gasteiger partial charge in [-0.2, -0.15) is 0 Å². The number of carbonyl (C=O) groups is 1. The first-order valence-corrected chi connectivity index (χ1v) is 5.85. The monoisotopic (exact) mass is 240 g/mol. The molecule has 0 fully saturated rings. The summed E-state index contributed by atoms with van der Waals surface area (Å²) in [4.78, 5) is 12.0. The minimum atomic E-state index is -0.0597. The lowest BCUT2D eigenvalue weighted by Gasteiger charge is -2.08. The Morgan fingerprint density at radius 2 is 1.94 bits per heavy atom. The molecule has 0 aromatic heterocycles. The molecule has 0 saturated heterocycles. The second-order valence-corrected chi connectivity index (χ2v) is 4.24. The number of hydrogen-bond acceptors (Lipinski definition) is 2. The van der Waals surface area contributed by atoms with Crippen molar-refractivity contribution in [1.82, 2.24) is 5.32 Å². The summed E-state index contributed by atoms with van der Waals surface area (Å²) in [6.07, 6.45) is 0. The molecule has 2 aromatic rings. The van der Waals surface area contributed by atoms with Crippen LogP contribution in [0.25, 0.3) is 0 Å². The van der Waals surface area contributed by atoms with Crippen molar-refractivity contribution in [2.45, 2.75) is 13.5 Å². The van der Waals surface area contributed by atoms with Crippen LogP contribution in [0.1, 0.15) is 21.5 Å². The van der Waals surface area contributed by atoms with Gasteiger partial charge in [0.2, 0.25) is 0 Å². The molecule has 1 amide bonds. The molecule has 3 nitrogen and oxygen atoms in total. The van der Waals surface area contributed by atoms with Gasteiger partial charge in [-0.15, -0.1) is 0 Å². The lowest BCUT2D eigenvalue weighted by atomic mass is 10.1. The average Bonchev–Trinajstić information content (AvgIpc) is 2.37. The fourth-order valence-electron chi connectivity index (χ4n) is 1.81. The average molecular weight is 240 g/mol. The SMILES string of the molecule is Cc1ccccc1C(=O)NCc1cccc(N)c1. The summed E-state index contributed by atoms with van der Waals surface area (Å²) in [6, 6.07) is 15.0. The first kappa shape index (κ1) is 12.2. The van der Waals surface area contributed by atoms with Crippen molar-refractivity contribution in [1.29, 1.82) is 0 Å². The molecule has 3 N–H and O–H groups in total. The molecule has 0 saturated carbocycles. The van der Waals surface area contributed by atoms with E-state index in [0.29, 0.717) is 17.8 Å². The number of carbonyl (C=O) groups excluding carboxylic acids is 1. The summed E-state index contributed by atoms with van der Waals surface area (Å²) in [5.41, 5.74) is 9.08. The first-order valence-electron chi connectivity index (χ1n) is 5.85. The minimum absolute atomic E-state index is 0.0597. The van der Waals surface area contributed by atoms with Crippen LogP contribution in [0.5, 0.6) is 0 Å². The highest BCUT2D eigenvalue weighted by Gasteiger charge is 2.07. The molecule has 0 unspecified atom stereocenters. The Kier molecular flexibility index (Phi) is 3.63. The van der Waals surface area contributed by atoms with E-state index in [9.17, 15) is 4.79 Å². The quantitative estimate of drug-likeness (QED) is 0.810. The largest absolute Gasteiger partial charge is 0.399 e. The van der Waals surface area contributed by atoms with Gasteiger partial charge in [0, 0.05) is 17.8 Å². The highest BCUT2D eigenvalue weighted by atomic mass is 16.1. The van der Waals surface area contributed by atoms with E-state index in [-0.39, 0.29) is 5.91 Å². The van der Waals surface area contributed by atoms with E-state index in [4.69, 9.17) is 5.73 Å². The van der Waals surface area contributed by atoms with Gasteiger partial charge in [0.05, 0.1) is 0 Å². The third kappa shape index (κ3) is 2.88. The number of nitrogen functional groups attached to an aromatic ring is 1. The van der Waals surface area contributed by atoms with Gasteiger partial charge < -0.3 is 11.1 Å². The number of aryl methyl sites for hydroxylation is 1. The Hall–Kier alpha value is -2.29. The molecule has 0 spiro atoms. The van der Waals surface area contributed by atoms with Crippen LogP contribution in [0.3, 0.4) is 0 Å². The van der Waals surface area contributed by atoms with Crippen LogP contribution < -0.4 is 11.1 Å². The van der Waals surface area contributed by atoms with Crippen LogP contribution >= 0.6 is 0 Å². The van der Waals surface area contributed by atoms with Gasteiger partial charge in [-0.3, -0.25) is 4.79 Å². The summed E-state index contributed by atoms with van der Waals surface area (Å²) in [5, 5.41) is 2.89. The molecule has 0 aliphatic carbocycles. The zero-order chi connectivity index (χ0) is 13.0. The predicted molar refractivity (Wildman–Crippen MR) is 73.2 cm³/mol. The topological polar surface area (TPSA) is 55.1 Å². The molecule has 92 valence electrons. The highest BCUT2D eigenvalue weighted by molar-refractivity contribution is 5.95. The number of amides is 1. The number of nitrogens with one attached hydrogen (secondary N) is 1. The maximum absolute atomic E-state index is 12.0. The van der Waals surface area contributed by atoms with Gasteiger partial charge in [0.1, 0.15) is 0 Å². The number of anilines is 1. The van der Waals surface area contributed by atoms with Crippen molar-refractivity contribution in [3.05, 3.63) is 65.2 Å². The van der Waals surface area contributed by atoms with Gasteiger partial charge in [0.15, 0.2) is 0 Å². The van der Waals surface area contributed by atoms with E-state index in [1.165, 1.54) is 0 Å². The number of rotatable bonds is 3. The summed E-state index contributed by atoms with van der Waals surface area (Å²) < 4.78 is 0. The van der Waals surface area contributed by atoms with Crippen molar-refractivity contribution < 1.29 is 4.79 Å². The molecule has 0 aliphatic rings. The Labute approximate surface area is 107 Å². The first-order chi connectivity index (χ1) is 8.66. The van der Waals surface area contributed by atoms with Crippen LogP contribution in [-0.4, -0.2) is 5.91 Å². The lowest BCUT2D eigenvalue weighted by Crippen LogP contribution is -2.23. The molecule has 0 aliphatic heterocycles. The van der Waals surface area contributed by atoms with E-state index in [1.54, 1.807) is 0 Å². The fourth-order valence-corrected chi connectivity index (χ4v) is 1.81. The smallest absolute Gasteiger partial charge is 0.251 e. The van der Waals surface area contributed by atoms with Gasteiger partial charge in [-0.25, -0.2) is 0 Å². The molecule has 0 radical (unpaired) electrons. The van der Waals surface area contributed by atoms with Gasteiger partial charge in [-0.05, 0) is 36.2 Å². The number of hydrogen-bond donors (Lipinski definition) is 2. The van der Waals surface area contributed by atoms with Gasteiger partial charge in [-0.1, -0.05) is 30.3 Å². The van der Waals surface area contributed by atoms with E-state index in [1.807, 2.05) is 55.5 Å². The second kappa shape index (κ2) is 5.36. The van der Waals surface area contributed by atoms with E-state index >= 15 is 0 Å². The van der Waals surface area contributed by atoms with Crippen molar-refractivity contribution >= 4 is 11.6 Å². The maximum atomic E-state index is 12.0. The van der Waals surface area contributed by atoms with Crippen LogP contribution in [0.4, 0.5) is 5.69 Å². The molecule has 0 heterocycles. The van der Waals surface area contributed by atoms with Crippen LogP contribution in [-0.2, 0) is 6.54 Å². The van der Waals surface area contributed by atoms with Crippen LogP contribution in [0, 0.1) is 6.92 Å². The third-order valence-electron chi connectivity index (χ3n) is 2.79. The van der Waals surface area contributed by atoms with Crippen molar-refractivity contribution in [3.8, 4) is 0 Å². The summed E-state index contributed by atoms with van der Waals surface area (Å²) in [5.74, 6) is -0.0597. The zero-order valence-corrected chi connectivity index (χ0v) is 10.3. The van der Waals surface area contributed by atoms with Gasteiger partial charge >= 0.3 is 0 Å². The van der Waals surface area contributed by atoms with E-state index < -0.39 is 0 Å². The minimum Gasteiger partial charge on any atom is -0.399 e. The summed E-state index contributed by atoms with van der Waals surface area (Å²) in [6.45, 7) is 2.41. The van der Waals surface area contributed by atoms with Crippen molar-refractivity contribution in [2.24, 2.45) is 0 Å². The van der Waals surface area contributed by atoms with Crippen LogP contribution in [0.15, 0.2) is 48.5 Å². The third-order valence-corrected chi connectivity index (χ3v) is 2.79. The molecule has 0 bridgehead atoms. The Balaban J connectivity index is 2.03. The normalized spacial score (nSPS) is 10.1. The molecular formula is C15H16N2O.